The summed E-state index contributed by atoms with van der Waals surface area (Å²) >= 11 is 0. The fourth-order valence-electron chi connectivity index (χ4n) is 4.23. The number of nitrogens with zero attached hydrogens (tertiary/aromatic N) is 3. The summed E-state index contributed by atoms with van der Waals surface area (Å²) in [5.74, 6) is -0.847. The number of hydrogen-bond acceptors (Lipinski definition) is 3. The first-order valence-electron chi connectivity index (χ1n) is 10.1. The van der Waals surface area contributed by atoms with Crippen molar-refractivity contribution in [2.75, 3.05) is 0 Å². The zero-order chi connectivity index (χ0) is 21.4. The molecule has 0 saturated heterocycles. The van der Waals surface area contributed by atoms with E-state index in [1.807, 2.05) is 77.6 Å². The van der Waals surface area contributed by atoms with E-state index in [0.717, 1.165) is 27.3 Å². The van der Waals surface area contributed by atoms with E-state index >= 15 is 0 Å². The van der Waals surface area contributed by atoms with Gasteiger partial charge < -0.3 is 14.8 Å². The molecule has 2 aromatic heterocycles. The average Bonchev–Trinajstić information content (AvgIpc) is 3.36. The highest BCUT2D eigenvalue weighted by molar-refractivity contribution is 5.94. The number of carboxylic acid groups (broad SMARTS) is 1. The second-order valence-corrected chi connectivity index (χ2v) is 7.65. The minimum Gasteiger partial charge on any atom is -0.494 e. The van der Waals surface area contributed by atoms with Crippen molar-refractivity contribution in [2.24, 2.45) is 0 Å². The van der Waals surface area contributed by atoms with E-state index in [-0.39, 0.29) is 12.3 Å². The number of hydrogen-bond donors (Lipinski definition) is 2. The van der Waals surface area contributed by atoms with E-state index in [4.69, 9.17) is 0 Å². The Labute approximate surface area is 178 Å². The van der Waals surface area contributed by atoms with Gasteiger partial charge in [-0.15, -0.1) is 0 Å². The Morgan fingerprint density at radius 2 is 1.74 bits per heavy atom. The zero-order valence-corrected chi connectivity index (χ0v) is 16.8. The highest BCUT2D eigenvalue weighted by Gasteiger charge is 2.20. The van der Waals surface area contributed by atoms with Crippen LogP contribution >= 0.6 is 0 Å². The highest BCUT2D eigenvalue weighted by Crippen LogP contribution is 2.34. The van der Waals surface area contributed by atoms with Gasteiger partial charge in [0.25, 0.3) is 0 Å². The third-order valence-corrected chi connectivity index (χ3v) is 5.65. The molecule has 154 valence electrons. The Bertz CT molecular complexity index is 1400. The summed E-state index contributed by atoms with van der Waals surface area (Å²) in [4.78, 5) is 11.6. The number of aliphatic carboxylic acids is 1. The first kappa shape index (κ1) is 18.9. The lowest BCUT2D eigenvalue weighted by Gasteiger charge is -2.12. The molecule has 6 nitrogen and oxygen atoms in total. The number of benzene rings is 3. The van der Waals surface area contributed by atoms with Crippen molar-refractivity contribution in [1.82, 2.24) is 14.3 Å². The van der Waals surface area contributed by atoms with E-state index in [1.165, 1.54) is 0 Å². The van der Waals surface area contributed by atoms with Gasteiger partial charge in [0.05, 0.1) is 19.5 Å². The lowest BCUT2D eigenvalue weighted by molar-refractivity contribution is -0.136. The summed E-state index contributed by atoms with van der Waals surface area (Å²) in [7, 11) is 0. The summed E-state index contributed by atoms with van der Waals surface area (Å²) in [6, 6.07) is 21.7. The molecule has 0 bridgehead atoms. The van der Waals surface area contributed by atoms with Crippen molar-refractivity contribution in [3.63, 3.8) is 0 Å². The molecule has 0 saturated carbocycles. The van der Waals surface area contributed by atoms with Crippen LogP contribution in [0.4, 0.5) is 0 Å². The zero-order valence-electron chi connectivity index (χ0n) is 16.8. The van der Waals surface area contributed by atoms with Gasteiger partial charge in [0.2, 0.25) is 0 Å². The highest BCUT2D eigenvalue weighted by atomic mass is 16.4. The Balaban J connectivity index is 1.63. The van der Waals surface area contributed by atoms with Crippen molar-refractivity contribution in [1.29, 1.82) is 0 Å². The second-order valence-electron chi connectivity index (χ2n) is 7.65. The molecule has 31 heavy (non-hydrogen) atoms. The smallest absolute Gasteiger partial charge is 0.309 e. The molecule has 0 spiro atoms. The van der Waals surface area contributed by atoms with Crippen LogP contribution in [-0.4, -0.2) is 30.5 Å². The van der Waals surface area contributed by atoms with Crippen LogP contribution in [-0.2, 0) is 24.3 Å². The SMILES string of the molecule is O=C(O)Cc1c2ccc(Cn3cccn3)cc2c(O)n1Cc1cccc2ccccc12. The predicted molar refractivity (Wildman–Crippen MR) is 119 cm³/mol. The Morgan fingerprint density at radius 1 is 0.903 bits per heavy atom. The van der Waals surface area contributed by atoms with Gasteiger partial charge >= 0.3 is 5.97 Å². The quantitative estimate of drug-likeness (QED) is 0.433. The molecular formula is C25H21N3O3. The lowest BCUT2D eigenvalue weighted by atomic mass is 10.0. The number of fused-ring (bicyclic) bond motifs is 2. The van der Waals surface area contributed by atoms with E-state index in [0.29, 0.717) is 24.2 Å². The molecule has 3 aromatic carbocycles. The van der Waals surface area contributed by atoms with Crippen molar-refractivity contribution < 1.29 is 15.0 Å². The summed E-state index contributed by atoms with van der Waals surface area (Å²) < 4.78 is 3.53. The molecule has 2 N–H and O–H groups in total. The normalized spacial score (nSPS) is 11.4. The fourth-order valence-corrected chi connectivity index (χ4v) is 4.23. The minimum atomic E-state index is -0.931. The molecule has 5 aromatic rings. The van der Waals surface area contributed by atoms with Gasteiger partial charge in [0.15, 0.2) is 5.88 Å². The summed E-state index contributed by atoms with van der Waals surface area (Å²) in [5.41, 5.74) is 2.60. The summed E-state index contributed by atoms with van der Waals surface area (Å²) in [6.45, 7) is 0.962. The minimum absolute atomic E-state index is 0.0847. The van der Waals surface area contributed by atoms with Crippen molar-refractivity contribution >= 4 is 27.5 Å². The second kappa shape index (κ2) is 7.65. The van der Waals surface area contributed by atoms with Gasteiger partial charge in [-0.25, -0.2) is 0 Å². The van der Waals surface area contributed by atoms with Crippen molar-refractivity contribution in [3.8, 4) is 5.88 Å². The Hall–Kier alpha value is -4.06. The van der Waals surface area contributed by atoms with Crippen LogP contribution in [0.3, 0.4) is 0 Å². The van der Waals surface area contributed by atoms with Crippen molar-refractivity contribution in [2.45, 2.75) is 19.5 Å². The van der Waals surface area contributed by atoms with Crippen LogP contribution in [0.15, 0.2) is 79.1 Å². The van der Waals surface area contributed by atoms with Crippen LogP contribution in [0.25, 0.3) is 21.5 Å². The maximum absolute atomic E-state index is 11.6. The molecule has 6 heteroatoms. The summed E-state index contributed by atoms with van der Waals surface area (Å²) in [6.07, 6.45) is 3.44. The first-order chi connectivity index (χ1) is 15.1. The number of aromatic nitrogens is 3. The van der Waals surface area contributed by atoms with E-state index < -0.39 is 5.97 Å². The van der Waals surface area contributed by atoms with Crippen LogP contribution in [0.1, 0.15) is 16.8 Å². The van der Waals surface area contributed by atoms with Crippen LogP contribution in [0.2, 0.25) is 0 Å². The van der Waals surface area contributed by atoms with Gasteiger partial charge in [-0.2, -0.15) is 5.10 Å². The van der Waals surface area contributed by atoms with Gasteiger partial charge in [0.1, 0.15) is 0 Å². The molecular weight excluding hydrogens is 390 g/mol. The number of rotatable bonds is 6. The van der Waals surface area contributed by atoms with Gasteiger partial charge in [-0.05, 0) is 34.0 Å². The van der Waals surface area contributed by atoms with Gasteiger partial charge in [0, 0.05) is 28.9 Å². The molecule has 0 aliphatic carbocycles. The summed E-state index contributed by atoms with van der Waals surface area (Å²) in [5, 5.41) is 28.5. The first-order valence-corrected chi connectivity index (χ1v) is 10.1. The lowest BCUT2D eigenvalue weighted by Crippen LogP contribution is -2.09. The average molecular weight is 411 g/mol. The van der Waals surface area contributed by atoms with Gasteiger partial charge in [-0.3, -0.25) is 9.48 Å². The molecule has 2 heterocycles. The number of carboxylic acids is 1. The van der Waals surface area contributed by atoms with Crippen LogP contribution in [0.5, 0.6) is 5.88 Å². The number of carbonyl (C=O) groups is 1. The Morgan fingerprint density at radius 3 is 2.55 bits per heavy atom. The Kier molecular flexibility index (Phi) is 4.67. The van der Waals surface area contributed by atoms with Crippen molar-refractivity contribution in [3.05, 3.63) is 95.9 Å². The maximum Gasteiger partial charge on any atom is 0.309 e. The molecule has 0 amide bonds. The van der Waals surface area contributed by atoms with Gasteiger partial charge in [-0.1, -0.05) is 54.6 Å². The van der Waals surface area contributed by atoms with E-state index in [2.05, 4.69) is 5.10 Å². The van der Waals surface area contributed by atoms with E-state index in [1.54, 1.807) is 10.8 Å². The largest absolute Gasteiger partial charge is 0.494 e. The molecule has 0 aliphatic heterocycles. The maximum atomic E-state index is 11.6. The third-order valence-electron chi connectivity index (χ3n) is 5.65. The predicted octanol–water partition coefficient (Wildman–Crippen LogP) is 4.42. The topological polar surface area (TPSA) is 80.3 Å². The van der Waals surface area contributed by atoms with Crippen LogP contribution < -0.4 is 0 Å². The molecule has 0 aliphatic rings. The molecule has 0 unspecified atom stereocenters. The number of aromatic hydroxyl groups is 1. The van der Waals surface area contributed by atoms with E-state index in [9.17, 15) is 15.0 Å². The molecule has 5 rings (SSSR count). The molecule has 0 atom stereocenters. The third kappa shape index (κ3) is 3.53. The fraction of sp³-hybridized carbons (Fsp3) is 0.120. The molecule has 0 radical (unpaired) electrons. The standard InChI is InChI=1S/C25H21N3O3/c29-24(30)14-23-21-10-9-17(15-27-12-4-11-26-27)13-22(21)25(31)28(23)16-19-7-3-6-18-5-1-2-8-20(18)19/h1-13,31H,14-16H2,(H,29,30). The molecule has 0 fully saturated rings. The van der Waals surface area contributed by atoms with Crippen LogP contribution in [0, 0.1) is 0 Å². The monoisotopic (exact) mass is 411 g/mol.